The summed E-state index contributed by atoms with van der Waals surface area (Å²) in [6.45, 7) is 6.22. The number of amides is 1. The van der Waals surface area contributed by atoms with Crippen LogP contribution in [0, 0.1) is 5.41 Å². The molecule has 1 amide bonds. The smallest absolute Gasteiger partial charge is 0.296 e. The minimum absolute atomic E-state index is 0.00795. The van der Waals surface area contributed by atoms with Crippen LogP contribution in [-0.4, -0.2) is 20.9 Å². The molecule has 0 radical (unpaired) electrons. The van der Waals surface area contributed by atoms with Gasteiger partial charge in [0.05, 0.1) is 12.3 Å². The Labute approximate surface area is 118 Å². The van der Waals surface area contributed by atoms with Gasteiger partial charge in [-0.15, -0.1) is 0 Å². The van der Waals surface area contributed by atoms with Crippen LogP contribution in [0.1, 0.15) is 31.1 Å². The van der Waals surface area contributed by atoms with Crippen molar-refractivity contribution in [1.82, 2.24) is 0 Å². The van der Waals surface area contributed by atoms with E-state index in [1.165, 1.54) is 12.1 Å². The number of anilines is 1. The number of nitrogens with two attached hydrogens (primary N) is 2. The number of hydrogen-bond donors (Lipinski definition) is 3. The first-order valence-electron chi connectivity index (χ1n) is 5.86. The lowest BCUT2D eigenvalue weighted by atomic mass is 9.98. The van der Waals surface area contributed by atoms with E-state index in [4.69, 9.17) is 15.6 Å². The van der Waals surface area contributed by atoms with Gasteiger partial charge in [-0.05, 0) is 17.5 Å². The molecule has 0 atom stereocenters. The highest BCUT2D eigenvalue weighted by molar-refractivity contribution is 7.90. The van der Waals surface area contributed by atoms with Gasteiger partial charge < -0.3 is 10.5 Å². The lowest BCUT2D eigenvalue weighted by molar-refractivity contribution is 0.0994. The Hall–Kier alpha value is -1.80. The summed E-state index contributed by atoms with van der Waals surface area (Å²) in [6.07, 6.45) is 0. The molecule has 1 aromatic rings. The second-order valence-electron chi connectivity index (χ2n) is 5.54. The first-order valence-corrected chi connectivity index (χ1v) is 7.40. The molecule has 0 aliphatic rings. The quantitative estimate of drug-likeness (QED) is 0.744. The number of carbonyl (C=O) groups excluding carboxylic acids is 1. The maximum absolute atomic E-state index is 11.5. The molecule has 1 rings (SSSR count). The zero-order chi connectivity index (χ0) is 15.6. The summed E-state index contributed by atoms with van der Waals surface area (Å²) in [5, 5.41) is 4.90. The maximum Gasteiger partial charge on any atom is 0.296 e. The highest BCUT2D eigenvalue weighted by Gasteiger charge is 2.19. The second kappa shape index (κ2) is 5.68. The molecule has 0 bridgehead atoms. The van der Waals surface area contributed by atoms with Crippen molar-refractivity contribution in [2.24, 2.45) is 16.3 Å². The first-order chi connectivity index (χ1) is 8.99. The fraction of sp³-hybridized carbons (Fsp3) is 0.417. The summed E-state index contributed by atoms with van der Waals surface area (Å²) in [6, 6.07) is 4.46. The molecule has 0 heterocycles. The van der Waals surface area contributed by atoms with Gasteiger partial charge in [0.25, 0.3) is 16.1 Å². The van der Waals surface area contributed by atoms with Crippen molar-refractivity contribution in [3.8, 4) is 5.75 Å². The molecule has 0 spiro atoms. The van der Waals surface area contributed by atoms with Crippen LogP contribution in [-0.2, 0) is 10.2 Å². The molecule has 1 aromatic carbocycles. The molecule has 7 nitrogen and oxygen atoms in total. The molecule has 0 aromatic heterocycles. The van der Waals surface area contributed by atoms with E-state index < -0.39 is 16.1 Å². The Balaban J connectivity index is 3.18. The van der Waals surface area contributed by atoms with Crippen molar-refractivity contribution in [2.75, 3.05) is 11.3 Å². The van der Waals surface area contributed by atoms with E-state index in [0.29, 0.717) is 6.61 Å². The van der Waals surface area contributed by atoms with E-state index in [9.17, 15) is 13.2 Å². The minimum Gasteiger partial charge on any atom is -0.492 e. The van der Waals surface area contributed by atoms with Gasteiger partial charge in [-0.1, -0.05) is 26.8 Å². The predicted molar refractivity (Wildman–Crippen MR) is 76.6 cm³/mol. The van der Waals surface area contributed by atoms with Crippen molar-refractivity contribution in [2.45, 2.75) is 20.8 Å². The Kier molecular flexibility index (Phi) is 4.61. The van der Waals surface area contributed by atoms with Crippen LogP contribution in [0.25, 0.3) is 0 Å². The maximum atomic E-state index is 11.5. The Bertz CT molecular complexity index is 606. The highest BCUT2D eigenvalue weighted by atomic mass is 32.2. The minimum atomic E-state index is -4.01. The van der Waals surface area contributed by atoms with Crippen LogP contribution in [0.3, 0.4) is 0 Å². The fourth-order valence-corrected chi connectivity index (χ4v) is 1.91. The molecule has 0 saturated heterocycles. The van der Waals surface area contributed by atoms with Gasteiger partial charge >= 0.3 is 0 Å². The zero-order valence-electron chi connectivity index (χ0n) is 11.6. The molecule has 0 fully saturated rings. The van der Waals surface area contributed by atoms with E-state index in [1.54, 1.807) is 6.07 Å². The monoisotopic (exact) mass is 301 g/mol. The van der Waals surface area contributed by atoms with Crippen LogP contribution in [0.15, 0.2) is 18.2 Å². The number of benzene rings is 1. The summed E-state index contributed by atoms with van der Waals surface area (Å²) in [5.41, 5.74) is 5.09. The zero-order valence-corrected chi connectivity index (χ0v) is 12.5. The standard InChI is InChI=1S/C12H19N3O4S/c1-12(2,3)7-19-9-6-4-5-8(10(9)11(13)16)15-20(14,17)18/h4-6,15H,7H2,1-3H3,(H2,13,16)(H2,14,17,18). The van der Waals surface area contributed by atoms with Crippen molar-refractivity contribution >= 4 is 21.8 Å². The molecule has 0 unspecified atom stereocenters. The summed E-state index contributed by atoms with van der Waals surface area (Å²) < 4.78 is 29.7. The Morgan fingerprint density at radius 1 is 1.35 bits per heavy atom. The van der Waals surface area contributed by atoms with Gasteiger partial charge in [0.15, 0.2) is 0 Å². The third kappa shape index (κ3) is 5.06. The number of rotatable bonds is 5. The van der Waals surface area contributed by atoms with Gasteiger partial charge in [-0.3, -0.25) is 9.52 Å². The summed E-state index contributed by atoms with van der Waals surface area (Å²) in [4.78, 5) is 11.5. The third-order valence-electron chi connectivity index (χ3n) is 2.19. The SMILES string of the molecule is CC(C)(C)COc1cccc(NS(N)(=O)=O)c1C(N)=O. The lowest BCUT2D eigenvalue weighted by Gasteiger charge is -2.20. The Morgan fingerprint density at radius 3 is 2.40 bits per heavy atom. The number of nitrogens with one attached hydrogen (secondary N) is 1. The molecular weight excluding hydrogens is 282 g/mol. The van der Waals surface area contributed by atoms with E-state index in [1.807, 2.05) is 25.5 Å². The molecule has 0 aliphatic heterocycles. The lowest BCUT2D eigenvalue weighted by Crippen LogP contribution is -2.25. The predicted octanol–water partition coefficient (Wildman–Crippen LogP) is 0.826. The van der Waals surface area contributed by atoms with Gasteiger partial charge in [-0.25, -0.2) is 5.14 Å². The average Bonchev–Trinajstić information content (AvgIpc) is 2.22. The van der Waals surface area contributed by atoms with E-state index in [2.05, 4.69) is 0 Å². The van der Waals surface area contributed by atoms with E-state index in [0.717, 1.165) is 0 Å². The summed E-state index contributed by atoms with van der Waals surface area (Å²) in [7, 11) is -4.01. The second-order valence-corrected chi connectivity index (χ2v) is 6.83. The van der Waals surface area contributed by atoms with Crippen molar-refractivity contribution in [1.29, 1.82) is 0 Å². The normalized spacial score (nSPS) is 12.0. The summed E-state index contributed by atoms with van der Waals surface area (Å²) in [5.74, 6) is -0.596. The van der Waals surface area contributed by atoms with Crippen LogP contribution in [0.5, 0.6) is 5.75 Å². The van der Waals surface area contributed by atoms with Crippen LogP contribution in [0.4, 0.5) is 5.69 Å². The molecule has 112 valence electrons. The molecule has 20 heavy (non-hydrogen) atoms. The molecular formula is C12H19N3O4S. The van der Waals surface area contributed by atoms with Crippen molar-refractivity contribution in [3.05, 3.63) is 23.8 Å². The molecule has 0 saturated carbocycles. The average molecular weight is 301 g/mol. The van der Waals surface area contributed by atoms with Crippen molar-refractivity contribution < 1.29 is 17.9 Å². The molecule has 8 heteroatoms. The van der Waals surface area contributed by atoms with Gasteiger partial charge in [0.1, 0.15) is 11.3 Å². The molecule has 0 aliphatic carbocycles. The number of hydrogen-bond acceptors (Lipinski definition) is 4. The highest BCUT2D eigenvalue weighted by Crippen LogP contribution is 2.28. The number of ether oxygens (including phenoxy) is 1. The van der Waals surface area contributed by atoms with E-state index >= 15 is 0 Å². The fourth-order valence-electron chi connectivity index (χ4n) is 1.44. The van der Waals surface area contributed by atoms with E-state index in [-0.39, 0.29) is 22.4 Å². The van der Waals surface area contributed by atoms with Gasteiger partial charge in [0, 0.05) is 0 Å². The first kappa shape index (κ1) is 16.3. The van der Waals surface area contributed by atoms with Crippen molar-refractivity contribution in [3.63, 3.8) is 0 Å². The number of carbonyl (C=O) groups is 1. The Morgan fingerprint density at radius 2 is 1.95 bits per heavy atom. The topological polar surface area (TPSA) is 125 Å². The largest absolute Gasteiger partial charge is 0.492 e. The van der Waals surface area contributed by atoms with Gasteiger partial charge in [0.2, 0.25) is 0 Å². The van der Waals surface area contributed by atoms with Crippen LogP contribution < -0.4 is 20.3 Å². The van der Waals surface area contributed by atoms with Crippen LogP contribution in [0.2, 0.25) is 0 Å². The molecule has 5 N–H and O–H groups in total. The third-order valence-corrected chi connectivity index (χ3v) is 2.69. The van der Waals surface area contributed by atoms with Crippen LogP contribution >= 0.6 is 0 Å². The van der Waals surface area contributed by atoms with Gasteiger partial charge in [-0.2, -0.15) is 8.42 Å². The summed E-state index contributed by atoms with van der Waals surface area (Å²) >= 11 is 0. The number of primary amides is 1.